The van der Waals surface area contributed by atoms with Crippen molar-refractivity contribution < 1.29 is 19.4 Å². The van der Waals surface area contributed by atoms with Gasteiger partial charge in [-0.25, -0.2) is 19.2 Å². The molecule has 1 aromatic carbocycles. The predicted octanol–water partition coefficient (Wildman–Crippen LogP) is 2.24. The first-order chi connectivity index (χ1) is 13.9. The molecule has 0 aliphatic carbocycles. The summed E-state index contributed by atoms with van der Waals surface area (Å²) in [5.74, 6) is 0.141. The second-order valence-corrected chi connectivity index (χ2v) is 7.69. The summed E-state index contributed by atoms with van der Waals surface area (Å²) < 4.78 is 13.4. The van der Waals surface area contributed by atoms with Crippen molar-refractivity contribution in [3.8, 4) is 0 Å². The van der Waals surface area contributed by atoms with Crippen molar-refractivity contribution in [2.45, 2.75) is 32.4 Å². The van der Waals surface area contributed by atoms with Crippen molar-refractivity contribution in [2.24, 2.45) is 5.92 Å². The minimum absolute atomic E-state index is 0.0592. The maximum absolute atomic E-state index is 13.4. The number of benzene rings is 1. The van der Waals surface area contributed by atoms with Crippen LogP contribution in [0, 0.1) is 11.7 Å². The number of rotatable bonds is 6. The van der Waals surface area contributed by atoms with Crippen LogP contribution in [0.4, 0.5) is 9.18 Å². The Morgan fingerprint density at radius 2 is 2.17 bits per heavy atom. The molecule has 0 saturated carbocycles. The molecule has 7 nitrogen and oxygen atoms in total. The first-order valence-electron chi connectivity index (χ1n) is 9.47. The summed E-state index contributed by atoms with van der Waals surface area (Å²) in [6.45, 7) is 2.46. The largest absolute Gasteiger partial charge is 0.396 e. The second-order valence-electron chi connectivity index (χ2n) is 7.28. The van der Waals surface area contributed by atoms with E-state index in [2.05, 4.69) is 15.3 Å². The molecule has 2 heterocycles. The van der Waals surface area contributed by atoms with E-state index in [1.807, 2.05) is 6.92 Å². The van der Waals surface area contributed by atoms with Gasteiger partial charge in [0.05, 0.1) is 29.9 Å². The Morgan fingerprint density at radius 1 is 1.38 bits per heavy atom. The van der Waals surface area contributed by atoms with E-state index in [4.69, 9.17) is 11.6 Å². The van der Waals surface area contributed by atoms with Gasteiger partial charge in [0.2, 0.25) is 0 Å². The smallest absolute Gasteiger partial charge is 0.318 e. The fourth-order valence-electron chi connectivity index (χ4n) is 3.20. The van der Waals surface area contributed by atoms with Gasteiger partial charge in [-0.1, -0.05) is 24.6 Å². The van der Waals surface area contributed by atoms with Crippen LogP contribution in [0.25, 0.3) is 0 Å². The van der Waals surface area contributed by atoms with E-state index in [0.29, 0.717) is 37.3 Å². The molecule has 0 unspecified atom stereocenters. The molecular weight excluding hydrogens is 399 g/mol. The average molecular weight is 423 g/mol. The number of halogens is 2. The molecule has 3 rings (SSSR count). The number of urea groups is 1. The van der Waals surface area contributed by atoms with Gasteiger partial charge < -0.3 is 20.4 Å². The van der Waals surface area contributed by atoms with Crippen LogP contribution in [0.2, 0.25) is 5.02 Å². The summed E-state index contributed by atoms with van der Waals surface area (Å²) >= 11 is 5.81. The van der Waals surface area contributed by atoms with E-state index in [-0.39, 0.29) is 30.2 Å². The molecule has 2 aromatic rings. The average Bonchev–Trinajstić information content (AvgIpc) is 2.73. The Kier molecular flexibility index (Phi) is 7.00. The third kappa shape index (κ3) is 5.20. The molecule has 2 atom stereocenters. The highest BCUT2D eigenvalue weighted by Crippen LogP contribution is 2.22. The van der Waals surface area contributed by atoms with Gasteiger partial charge in [-0.05, 0) is 35.6 Å². The highest BCUT2D eigenvalue weighted by atomic mass is 35.5. The highest BCUT2D eigenvalue weighted by Gasteiger charge is 2.25. The van der Waals surface area contributed by atoms with Crippen LogP contribution in [0.15, 0.2) is 24.4 Å². The number of carbonyl (C=O) groups excluding carboxylic acids is 1. The topological polar surface area (TPSA) is 98.6 Å². The van der Waals surface area contributed by atoms with Gasteiger partial charge in [0.15, 0.2) is 0 Å². The van der Waals surface area contributed by atoms with Crippen LogP contribution in [-0.2, 0) is 19.4 Å². The molecule has 1 aliphatic heterocycles. The molecule has 1 aliphatic rings. The third-order valence-corrected chi connectivity index (χ3v) is 5.24. The first-order valence-corrected chi connectivity index (χ1v) is 9.84. The minimum Gasteiger partial charge on any atom is -0.396 e. The maximum atomic E-state index is 13.4. The van der Waals surface area contributed by atoms with Gasteiger partial charge >= 0.3 is 6.03 Å². The summed E-state index contributed by atoms with van der Waals surface area (Å²) in [5.41, 5.74) is 2.30. The number of fused-ring (bicyclic) bond motifs is 1. The van der Waals surface area contributed by atoms with Crippen molar-refractivity contribution in [2.75, 3.05) is 19.8 Å². The van der Waals surface area contributed by atoms with E-state index >= 15 is 0 Å². The van der Waals surface area contributed by atoms with E-state index < -0.39 is 11.9 Å². The zero-order valence-electron chi connectivity index (χ0n) is 16.1. The maximum Gasteiger partial charge on any atom is 0.318 e. The summed E-state index contributed by atoms with van der Waals surface area (Å²) in [6, 6.07) is 3.03. The molecule has 2 amide bonds. The number of hydrogen-bond acceptors (Lipinski definition) is 5. The fraction of sp³-hybridized carbons (Fsp3) is 0.450. The summed E-state index contributed by atoms with van der Waals surface area (Å²) in [5, 5.41) is 21.6. The molecule has 0 radical (unpaired) electrons. The molecular formula is C20H24ClFN4O3. The Morgan fingerprint density at radius 3 is 2.86 bits per heavy atom. The summed E-state index contributed by atoms with van der Waals surface area (Å²) in [6.07, 6.45) is 2.98. The molecule has 29 heavy (non-hydrogen) atoms. The second kappa shape index (κ2) is 9.47. The number of amides is 2. The number of aliphatic hydroxyl groups is 2. The lowest BCUT2D eigenvalue weighted by Crippen LogP contribution is -2.45. The molecule has 1 aromatic heterocycles. The normalized spacial score (nSPS) is 15.6. The van der Waals surface area contributed by atoms with E-state index in [0.717, 1.165) is 11.3 Å². The lowest BCUT2D eigenvalue weighted by Gasteiger charge is -2.30. The van der Waals surface area contributed by atoms with E-state index in [9.17, 15) is 19.4 Å². The zero-order chi connectivity index (χ0) is 21.0. The van der Waals surface area contributed by atoms with Crippen LogP contribution >= 0.6 is 11.6 Å². The molecule has 0 bridgehead atoms. The monoisotopic (exact) mass is 422 g/mol. The number of aliphatic hydroxyl groups excluding tert-OH is 2. The van der Waals surface area contributed by atoms with Gasteiger partial charge in [-0.3, -0.25) is 0 Å². The molecule has 0 saturated heterocycles. The Balaban J connectivity index is 1.69. The molecule has 0 fully saturated rings. The Bertz CT molecular complexity index is 883. The third-order valence-electron chi connectivity index (χ3n) is 4.95. The first kappa shape index (κ1) is 21.4. The molecule has 156 valence electrons. The van der Waals surface area contributed by atoms with Crippen molar-refractivity contribution in [1.29, 1.82) is 0 Å². The van der Waals surface area contributed by atoms with Crippen molar-refractivity contribution in [1.82, 2.24) is 20.2 Å². The van der Waals surface area contributed by atoms with E-state index in [1.165, 1.54) is 18.2 Å². The molecule has 3 N–H and O–H groups in total. The SMILES string of the molecule is C[C@@H](CO)Cc1ncc2c(n1)CN(C(=O)N[C@H](CO)c1ccc(F)c(Cl)c1)CC2. The number of carbonyl (C=O) groups is 1. The Labute approximate surface area is 173 Å². The van der Waals surface area contributed by atoms with Gasteiger partial charge in [-0.15, -0.1) is 0 Å². The number of nitrogens with one attached hydrogen (secondary N) is 1. The van der Waals surface area contributed by atoms with Crippen LogP contribution in [0.5, 0.6) is 0 Å². The van der Waals surface area contributed by atoms with Crippen LogP contribution in [-0.4, -0.2) is 50.9 Å². The standard InChI is InChI=1S/C20H24ClFN4O3/c1-12(10-27)6-19-23-8-14-4-5-26(9-17(14)24-19)20(29)25-18(11-28)13-2-3-16(22)15(21)7-13/h2-3,7-8,12,18,27-28H,4-6,9-11H2,1H3,(H,25,29)/t12-,18-/m1/s1. The molecule has 0 spiro atoms. The lowest BCUT2D eigenvalue weighted by molar-refractivity contribution is 0.176. The fourth-order valence-corrected chi connectivity index (χ4v) is 3.39. The minimum atomic E-state index is -0.701. The predicted molar refractivity (Wildman–Crippen MR) is 106 cm³/mol. The van der Waals surface area contributed by atoms with E-state index in [1.54, 1.807) is 11.1 Å². The van der Waals surface area contributed by atoms with Crippen LogP contribution in [0.3, 0.4) is 0 Å². The number of hydrogen-bond donors (Lipinski definition) is 3. The quantitative estimate of drug-likeness (QED) is 0.663. The van der Waals surface area contributed by atoms with Crippen LogP contribution < -0.4 is 5.32 Å². The lowest BCUT2D eigenvalue weighted by atomic mass is 10.1. The summed E-state index contributed by atoms with van der Waals surface area (Å²) in [4.78, 5) is 23.3. The number of aromatic nitrogens is 2. The highest BCUT2D eigenvalue weighted by molar-refractivity contribution is 6.30. The van der Waals surface area contributed by atoms with Crippen molar-refractivity contribution >= 4 is 17.6 Å². The number of nitrogens with zero attached hydrogens (tertiary/aromatic N) is 3. The van der Waals surface area contributed by atoms with Gasteiger partial charge in [0, 0.05) is 25.8 Å². The van der Waals surface area contributed by atoms with Crippen molar-refractivity contribution in [3.63, 3.8) is 0 Å². The van der Waals surface area contributed by atoms with Gasteiger partial charge in [0.25, 0.3) is 0 Å². The Hall–Kier alpha value is -2.29. The molecule has 9 heteroatoms. The van der Waals surface area contributed by atoms with Gasteiger partial charge in [0.1, 0.15) is 11.6 Å². The zero-order valence-corrected chi connectivity index (χ0v) is 16.9. The van der Waals surface area contributed by atoms with Crippen molar-refractivity contribution in [3.05, 3.63) is 57.9 Å². The summed E-state index contributed by atoms with van der Waals surface area (Å²) in [7, 11) is 0. The van der Waals surface area contributed by atoms with Crippen LogP contribution in [0.1, 0.15) is 35.6 Å². The van der Waals surface area contributed by atoms with Gasteiger partial charge in [-0.2, -0.15) is 0 Å².